The molecule has 0 saturated heterocycles. The Morgan fingerprint density at radius 1 is 1.44 bits per heavy atom. The van der Waals surface area contributed by atoms with Crippen molar-refractivity contribution in [3.8, 4) is 0 Å². The fraction of sp³-hybridized carbons (Fsp3) is 0.300. The highest BCUT2D eigenvalue weighted by molar-refractivity contribution is 9.10. The van der Waals surface area contributed by atoms with Gasteiger partial charge >= 0.3 is 16.3 Å². The topological polar surface area (TPSA) is 84.5 Å². The van der Waals surface area contributed by atoms with Crippen molar-refractivity contribution in [1.29, 1.82) is 0 Å². The summed E-state index contributed by atoms with van der Waals surface area (Å²) in [6, 6.07) is 7.14. The monoisotopic (exact) mass is 336 g/mol. The van der Waals surface area contributed by atoms with E-state index in [0.717, 1.165) is 10.0 Å². The van der Waals surface area contributed by atoms with E-state index in [0.29, 0.717) is 0 Å². The number of nitrogens with one attached hydrogen (secondary N) is 2. The van der Waals surface area contributed by atoms with Crippen molar-refractivity contribution in [2.24, 2.45) is 0 Å². The largest absolute Gasteiger partial charge is 0.449 e. The van der Waals surface area contributed by atoms with E-state index in [-0.39, 0.29) is 13.2 Å². The lowest BCUT2D eigenvalue weighted by Crippen LogP contribution is -2.40. The molecule has 0 aliphatic rings. The van der Waals surface area contributed by atoms with Crippen LogP contribution in [0.4, 0.5) is 4.79 Å². The minimum absolute atomic E-state index is 0.0776. The van der Waals surface area contributed by atoms with Crippen molar-refractivity contribution in [3.63, 3.8) is 0 Å². The predicted molar refractivity (Wildman–Crippen MR) is 70.1 cm³/mol. The van der Waals surface area contributed by atoms with Crippen LogP contribution < -0.4 is 9.44 Å². The third kappa shape index (κ3) is 5.48. The number of hydrogen-bond donors (Lipinski definition) is 2. The minimum Gasteiger partial charge on any atom is -0.449 e. The maximum atomic E-state index is 11.4. The summed E-state index contributed by atoms with van der Waals surface area (Å²) in [5.74, 6) is 0. The number of ether oxygens (including phenoxy) is 1. The van der Waals surface area contributed by atoms with Crippen LogP contribution in [0, 0.1) is 0 Å². The molecule has 1 aromatic rings. The zero-order valence-electron chi connectivity index (χ0n) is 9.64. The van der Waals surface area contributed by atoms with Gasteiger partial charge in [0.15, 0.2) is 0 Å². The molecular formula is C10H13BrN2O4S. The lowest BCUT2D eigenvalue weighted by molar-refractivity contribution is 0.158. The first-order chi connectivity index (χ1) is 8.43. The highest BCUT2D eigenvalue weighted by Gasteiger charge is 2.14. The average Bonchev–Trinajstić information content (AvgIpc) is 2.26. The van der Waals surface area contributed by atoms with E-state index in [4.69, 9.17) is 0 Å². The van der Waals surface area contributed by atoms with E-state index in [1.165, 1.54) is 0 Å². The van der Waals surface area contributed by atoms with Crippen molar-refractivity contribution in [3.05, 3.63) is 34.3 Å². The van der Waals surface area contributed by atoms with Crippen LogP contribution >= 0.6 is 15.9 Å². The molecule has 0 aliphatic carbocycles. The van der Waals surface area contributed by atoms with Gasteiger partial charge < -0.3 is 4.74 Å². The van der Waals surface area contributed by atoms with E-state index in [2.05, 4.69) is 25.4 Å². The van der Waals surface area contributed by atoms with Gasteiger partial charge in [0.1, 0.15) is 0 Å². The zero-order chi connectivity index (χ0) is 13.6. The standard InChI is InChI=1S/C10H13BrN2O4S/c1-2-17-10(14)13-18(15,16)12-7-8-4-3-5-9(11)6-8/h3-6,12H,2,7H2,1H3,(H,13,14). The maximum Gasteiger partial charge on any atom is 0.421 e. The molecule has 1 rings (SSSR count). The number of carbonyl (C=O) groups excluding carboxylic acids is 1. The third-order valence-electron chi connectivity index (χ3n) is 1.85. The Morgan fingerprint density at radius 2 is 2.17 bits per heavy atom. The van der Waals surface area contributed by atoms with Crippen LogP contribution in [0.3, 0.4) is 0 Å². The van der Waals surface area contributed by atoms with Crippen molar-refractivity contribution >= 4 is 32.2 Å². The van der Waals surface area contributed by atoms with Crippen LogP contribution in [-0.4, -0.2) is 21.1 Å². The van der Waals surface area contributed by atoms with E-state index < -0.39 is 16.3 Å². The van der Waals surface area contributed by atoms with Crippen LogP contribution in [0.2, 0.25) is 0 Å². The molecule has 0 unspecified atom stereocenters. The normalized spacial score (nSPS) is 11.0. The van der Waals surface area contributed by atoms with Gasteiger partial charge in [-0.1, -0.05) is 28.1 Å². The summed E-state index contributed by atoms with van der Waals surface area (Å²) >= 11 is 3.28. The summed E-state index contributed by atoms with van der Waals surface area (Å²) < 4.78 is 32.2. The highest BCUT2D eigenvalue weighted by Crippen LogP contribution is 2.11. The van der Waals surface area contributed by atoms with Gasteiger partial charge in [-0.2, -0.15) is 13.1 Å². The summed E-state index contributed by atoms with van der Waals surface area (Å²) in [6.45, 7) is 1.77. The summed E-state index contributed by atoms with van der Waals surface area (Å²) in [6.07, 6.45) is -1.00. The molecule has 6 nitrogen and oxygen atoms in total. The first kappa shape index (κ1) is 14.9. The van der Waals surface area contributed by atoms with Crippen molar-refractivity contribution in [2.45, 2.75) is 13.5 Å². The molecule has 0 saturated carbocycles. The van der Waals surface area contributed by atoms with Crippen molar-refractivity contribution in [1.82, 2.24) is 9.44 Å². The van der Waals surface area contributed by atoms with E-state index in [1.54, 1.807) is 29.8 Å². The molecule has 1 amide bonds. The zero-order valence-corrected chi connectivity index (χ0v) is 12.0. The maximum absolute atomic E-state index is 11.4. The Labute approximate surface area is 114 Å². The van der Waals surface area contributed by atoms with Crippen molar-refractivity contribution < 1.29 is 17.9 Å². The second-order valence-electron chi connectivity index (χ2n) is 3.28. The van der Waals surface area contributed by atoms with Crippen LogP contribution in [0.1, 0.15) is 12.5 Å². The summed E-state index contributed by atoms with van der Waals surface area (Å²) in [4.78, 5) is 11.0. The van der Waals surface area contributed by atoms with Gasteiger partial charge in [0, 0.05) is 11.0 Å². The molecule has 0 aromatic heterocycles. The molecule has 100 valence electrons. The Hall–Kier alpha value is -1.12. The molecule has 18 heavy (non-hydrogen) atoms. The van der Waals surface area contributed by atoms with Gasteiger partial charge in [0.2, 0.25) is 0 Å². The third-order valence-corrected chi connectivity index (χ3v) is 3.30. The minimum atomic E-state index is -3.90. The predicted octanol–water partition coefficient (Wildman–Crippen LogP) is 1.53. The Kier molecular flexibility index (Phi) is 5.57. The van der Waals surface area contributed by atoms with Gasteiger partial charge in [-0.3, -0.25) is 0 Å². The summed E-state index contributed by atoms with van der Waals surface area (Å²) in [7, 11) is -3.90. The summed E-state index contributed by atoms with van der Waals surface area (Å²) in [5.41, 5.74) is 0.763. The number of hydrogen-bond acceptors (Lipinski definition) is 4. The van der Waals surface area contributed by atoms with Gasteiger partial charge in [0.05, 0.1) is 6.61 Å². The summed E-state index contributed by atoms with van der Waals surface area (Å²) in [5, 5.41) is 0. The second-order valence-corrected chi connectivity index (χ2v) is 5.69. The quantitative estimate of drug-likeness (QED) is 0.853. The number of halogens is 1. The number of amides is 1. The molecule has 0 heterocycles. The number of carbonyl (C=O) groups is 1. The van der Waals surface area contributed by atoms with Crippen LogP contribution in [0.25, 0.3) is 0 Å². The first-order valence-electron chi connectivity index (χ1n) is 5.11. The van der Waals surface area contributed by atoms with Crippen LogP contribution in [0.5, 0.6) is 0 Å². The molecule has 0 bridgehead atoms. The smallest absolute Gasteiger partial charge is 0.421 e. The Morgan fingerprint density at radius 3 is 2.78 bits per heavy atom. The van der Waals surface area contributed by atoms with Gasteiger partial charge in [0.25, 0.3) is 0 Å². The van der Waals surface area contributed by atoms with E-state index in [9.17, 15) is 13.2 Å². The van der Waals surface area contributed by atoms with Gasteiger partial charge in [-0.25, -0.2) is 9.52 Å². The second kappa shape index (κ2) is 6.72. The Balaban J connectivity index is 2.54. The highest BCUT2D eigenvalue weighted by atomic mass is 79.9. The van der Waals surface area contributed by atoms with Gasteiger partial charge in [-0.15, -0.1) is 0 Å². The molecule has 2 N–H and O–H groups in total. The van der Waals surface area contributed by atoms with Crippen LogP contribution in [0.15, 0.2) is 28.7 Å². The Bertz CT molecular complexity index is 518. The molecule has 0 atom stereocenters. The van der Waals surface area contributed by atoms with E-state index >= 15 is 0 Å². The fourth-order valence-corrected chi connectivity index (χ4v) is 2.29. The fourth-order valence-electron chi connectivity index (χ4n) is 1.13. The van der Waals surface area contributed by atoms with Gasteiger partial charge in [-0.05, 0) is 24.6 Å². The SMILES string of the molecule is CCOC(=O)NS(=O)(=O)NCc1cccc(Br)c1. The molecule has 0 spiro atoms. The first-order valence-corrected chi connectivity index (χ1v) is 7.39. The lowest BCUT2D eigenvalue weighted by Gasteiger charge is -2.08. The lowest BCUT2D eigenvalue weighted by atomic mass is 10.2. The van der Waals surface area contributed by atoms with Crippen LogP contribution in [-0.2, 0) is 21.5 Å². The number of rotatable bonds is 5. The van der Waals surface area contributed by atoms with E-state index in [1.807, 2.05) is 6.07 Å². The average molecular weight is 337 g/mol. The molecular weight excluding hydrogens is 324 g/mol. The molecule has 0 aliphatic heterocycles. The molecule has 0 radical (unpaired) electrons. The molecule has 0 fully saturated rings. The molecule has 8 heteroatoms. The molecule has 1 aromatic carbocycles. The van der Waals surface area contributed by atoms with Crippen molar-refractivity contribution in [2.75, 3.05) is 6.61 Å². The number of benzene rings is 1.